The van der Waals surface area contributed by atoms with E-state index in [4.69, 9.17) is 4.74 Å². The number of aromatic nitrogens is 2. The average Bonchev–Trinajstić information content (AvgIpc) is 3.60. The Bertz CT molecular complexity index is 1840. The number of aryl methyl sites for hydroxylation is 1. The summed E-state index contributed by atoms with van der Waals surface area (Å²) >= 11 is 0. The standard InChI is InChI=1S/C37H43N5O5/c1-24-29(30-22-26(47-3)18-19-32(30)39-24)23-34(43)40-33(16-8-5-9-17-35(44)42(2)46)37(45)38-21-20-28-27-14-10-11-15-31(27)41-36(28)25-12-6-4-7-13-25/h4,6-7,10-15,18-19,22,33,39,41,46H,5,8-9,16-17,20-21,23H2,1-3H3,(H,38,45)(H,40,43)/t33-/m0/s1. The normalized spacial score (nSPS) is 11.8. The summed E-state index contributed by atoms with van der Waals surface area (Å²) in [5.41, 5.74) is 6.91. The lowest BCUT2D eigenvalue weighted by atomic mass is 10.0. The molecule has 5 aromatic rings. The number of para-hydroxylation sites is 1. The van der Waals surface area contributed by atoms with Crippen molar-refractivity contribution < 1.29 is 24.3 Å². The van der Waals surface area contributed by atoms with Crippen LogP contribution in [-0.2, 0) is 27.2 Å². The minimum Gasteiger partial charge on any atom is -0.497 e. The first kappa shape index (κ1) is 33.3. The number of carbonyl (C=O) groups excluding carboxylic acids is 3. The number of benzene rings is 3. The maximum atomic E-state index is 13.6. The molecule has 3 amide bonds. The zero-order valence-corrected chi connectivity index (χ0v) is 27.2. The topological polar surface area (TPSA) is 140 Å². The van der Waals surface area contributed by atoms with E-state index in [-0.39, 0.29) is 30.6 Å². The number of amides is 3. The van der Waals surface area contributed by atoms with Gasteiger partial charge in [-0.1, -0.05) is 61.4 Å². The number of unbranched alkanes of at least 4 members (excludes halogenated alkanes) is 2. The van der Waals surface area contributed by atoms with E-state index in [0.717, 1.165) is 49.9 Å². The van der Waals surface area contributed by atoms with E-state index in [1.165, 1.54) is 7.05 Å². The lowest BCUT2D eigenvalue weighted by molar-refractivity contribution is -0.159. The van der Waals surface area contributed by atoms with E-state index in [1.807, 2.05) is 61.5 Å². The highest BCUT2D eigenvalue weighted by molar-refractivity contribution is 5.94. The minimum atomic E-state index is -0.740. The van der Waals surface area contributed by atoms with Crippen LogP contribution in [0, 0.1) is 6.92 Å². The van der Waals surface area contributed by atoms with E-state index in [2.05, 4.69) is 38.8 Å². The number of fused-ring (bicyclic) bond motifs is 2. The molecule has 0 aliphatic carbocycles. The van der Waals surface area contributed by atoms with Gasteiger partial charge in [-0.25, -0.2) is 5.06 Å². The molecule has 0 fully saturated rings. The minimum absolute atomic E-state index is 0.107. The van der Waals surface area contributed by atoms with Crippen LogP contribution in [0.1, 0.15) is 48.9 Å². The number of hydrogen-bond acceptors (Lipinski definition) is 5. The highest BCUT2D eigenvalue weighted by atomic mass is 16.5. The van der Waals surface area contributed by atoms with Gasteiger partial charge in [0.25, 0.3) is 0 Å². The smallest absolute Gasteiger partial charge is 0.245 e. The number of rotatable bonds is 15. The summed E-state index contributed by atoms with van der Waals surface area (Å²) in [4.78, 5) is 45.7. The van der Waals surface area contributed by atoms with Gasteiger partial charge in [0.15, 0.2) is 0 Å². The largest absolute Gasteiger partial charge is 0.497 e. The van der Waals surface area contributed by atoms with Gasteiger partial charge in [-0.05, 0) is 67.1 Å². The Hall–Kier alpha value is -5.09. The molecular weight excluding hydrogens is 594 g/mol. The van der Waals surface area contributed by atoms with Gasteiger partial charge in [0.1, 0.15) is 11.8 Å². The number of aromatic amines is 2. The molecular formula is C37H43N5O5. The van der Waals surface area contributed by atoms with Crippen molar-refractivity contribution >= 4 is 39.5 Å². The lowest BCUT2D eigenvalue weighted by Gasteiger charge is -2.19. The fraction of sp³-hybridized carbons (Fsp3) is 0.324. The van der Waals surface area contributed by atoms with E-state index in [9.17, 15) is 19.6 Å². The molecule has 0 bridgehead atoms. The van der Waals surface area contributed by atoms with Crippen molar-refractivity contribution in [3.63, 3.8) is 0 Å². The van der Waals surface area contributed by atoms with Crippen molar-refractivity contribution in [1.82, 2.24) is 25.7 Å². The molecule has 0 radical (unpaired) electrons. The summed E-state index contributed by atoms with van der Waals surface area (Å²) in [6.45, 7) is 2.32. The quantitative estimate of drug-likeness (QED) is 0.0560. The maximum Gasteiger partial charge on any atom is 0.245 e. The fourth-order valence-corrected chi connectivity index (χ4v) is 6.10. The summed E-state index contributed by atoms with van der Waals surface area (Å²) in [5.74, 6) is -0.155. The molecule has 5 rings (SSSR count). The summed E-state index contributed by atoms with van der Waals surface area (Å²) in [6, 6.07) is 23.2. The second-order valence-electron chi connectivity index (χ2n) is 11.9. The summed E-state index contributed by atoms with van der Waals surface area (Å²) in [7, 11) is 2.91. The van der Waals surface area contributed by atoms with Crippen LogP contribution in [0.3, 0.4) is 0 Å². The molecule has 0 spiro atoms. The molecule has 0 unspecified atom stereocenters. The highest BCUT2D eigenvalue weighted by Gasteiger charge is 2.23. The predicted molar refractivity (Wildman–Crippen MR) is 183 cm³/mol. The van der Waals surface area contributed by atoms with Gasteiger partial charge < -0.3 is 25.3 Å². The van der Waals surface area contributed by atoms with Gasteiger partial charge in [0, 0.05) is 53.2 Å². The van der Waals surface area contributed by atoms with E-state index < -0.39 is 6.04 Å². The molecule has 0 aliphatic rings. The Kier molecular flexibility index (Phi) is 11.0. The molecule has 3 aromatic carbocycles. The van der Waals surface area contributed by atoms with E-state index in [1.54, 1.807) is 7.11 Å². The van der Waals surface area contributed by atoms with Crippen LogP contribution >= 0.6 is 0 Å². The lowest BCUT2D eigenvalue weighted by Crippen LogP contribution is -2.47. The van der Waals surface area contributed by atoms with Crippen molar-refractivity contribution in [3.05, 3.63) is 89.6 Å². The molecule has 0 aliphatic heterocycles. The molecule has 2 heterocycles. The number of H-pyrrole nitrogens is 2. The Labute approximate surface area is 274 Å². The second kappa shape index (κ2) is 15.5. The monoisotopic (exact) mass is 637 g/mol. The summed E-state index contributed by atoms with van der Waals surface area (Å²) in [5, 5.41) is 18.0. The molecule has 10 heteroatoms. The van der Waals surface area contributed by atoms with Crippen LogP contribution in [0.2, 0.25) is 0 Å². The van der Waals surface area contributed by atoms with Gasteiger partial charge in [0.05, 0.1) is 13.5 Å². The van der Waals surface area contributed by atoms with Crippen LogP contribution in [0.4, 0.5) is 0 Å². The molecule has 246 valence electrons. The third-order valence-corrected chi connectivity index (χ3v) is 8.61. The number of nitrogens with one attached hydrogen (secondary N) is 4. The van der Waals surface area contributed by atoms with Crippen LogP contribution in [0.25, 0.3) is 33.1 Å². The maximum absolute atomic E-state index is 13.6. The average molecular weight is 638 g/mol. The molecule has 1 atom stereocenters. The van der Waals surface area contributed by atoms with Crippen LogP contribution in [0.15, 0.2) is 72.8 Å². The van der Waals surface area contributed by atoms with Crippen molar-refractivity contribution in [3.8, 4) is 17.0 Å². The van der Waals surface area contributed by atoms with Gasteiger partial charge in [-0.3, -0.25) is 19.6 Å². The number of nitrogens with zero attached hydrogens (tertiary/aromatic N) is 1. The van der Waals surface area contributed by atoms with E-state index >= 15 is 0 Å². The zero-order chi connectivity index (χ0) is 33.3. The molecule has 2 aromatic heterocycles. The third kappa shape index (κ3) is 8.20. The van der Waals surface area contributed by atoms with Crippen LogP contribution in [-0.4, -0.2) is 64.7 Å². The fourth-order valence-electron chi connectivity index (χ4n) is 6.10. The molecule has 0 saturated carbocycles. The van der Waals surface area contributed by atoms with Gasteiger partial charge >= 0.3 is 0 Å². The Morgan fingerprint density at radius 3 is 2.40 bits per heavy atom. The van der Waals surface area contributed by atoms with Gasteiger partial charge in [0.2, 0.25) is 17.7 Å². The third-order valence-electron chi connectivity index (χ3n) is 8.61. The number of carbonyl (C=O) groups is 3. The molecule has 10 nitrogen and oxygen atoms in total. The zero-order valence-electron chi connectivity index (χ0n) is 27.2. The van der Waals surface area contributed by atoms with Crippen molar-refractivity contribution in [2.45, 2.75) is 57.9 Å². The predicted octanol–water partition coefficient (Wildman–Crippen LogP) is 5.82. The first-order valence-corrected chi connectivity index (χ1v) is 16.1. The van der Waals surface area contributed by atoms with Crippen molar-refractivity contribution in [2.75, 3.05) is 20.7 Å². The molecule has 5 N–H and O–H groups in total. The van der Waals surface area contributed by atoms with Crippen molar-refractivity contribution in [2.24, 2.45) is 0 Å². The number of hydrogen-bond donors (Lipinski definition) is 5. The SMILES string of the molecule is COc1ccc2[nH]c(C)c(CC(=O)N[C@@H](CCCCCC(=O)N(C)O)C(=O)NCCc3c(-c4ccccc4)[nH]c4ccccc34)c2c1. The van der Waals surface area contributed by atoms with Crippen LogP contribution < -0.4 is 15.4 Å². The highest BCUT2D eigenvalue weighted by Crippen LogP contribution is 2.31. The Morgan fingerprint density at radius 1 is 0.894 bits per heavy atom. The number of hydroxylamine groups is 2. The number of ether oxygens (including phenoxy) is 1. The number of methoxy groups -OCH3 is 1. The van der Waals surface area contributed by atoms with Crippen LogP contribution in [0.5, 0.6) is 5.75 Å². The summed E-state index contributed by atoms with van der Waals surface area (Å²) in [6.07, 6.45) is 3.23. The Balaban J connectivity index is 1.27. The Morgan fingerprint density at radius 2 is 1.64 bits per heavy atom. The van der Waals surface area contributed by atoms with Crippen molar-refractivity contribution in [1.29, 1.82) is 0 Å². The molecule has 47 heavy (non-hydrogen) atoms. The summed E-state index contributed by atoms with van der Waals surface area (Å²) < 4.78 is 5.39. The van der Waals surface area contributed by atoms with Gasteiger partial charge in [-0.15, -0.1) is 0 Å². The second-order valence-corrected chi connectivity index (χ2v) is 11.9. The first-order valence-electron chi connectivity index (χ1n) is 16.1. The van der Waals surface area contributed by atoms with E-state index in [0.29, 0.717) is 49.5 Å². The first-order chi connectivity index (χ1) is 22.7. The van der Waals surface area contributed by atoms with Gasteiger partial charge in [-0.2, -0.15) is 0 Å². The molecule has 0 saturated heterocycles.